The number of aliphatic hydroxyl groups is 1. The molecule has 13 nitrogen and oxygen atoms in total. The lowest BCUT2D eigenvalue weighted by molar-refractivity contribution is -0.142. The molecule has 2 aromatic carbocycles. The number of nitrogens with two attached hydrogens (primary N) is 1. The number of epoxide rings is 1. The molecule has 4 bridgehead atoms. The van der Waals surface area contributed by atoms with Crippen molar-refractivity contribution in [1.29, 1.82) is 0 Å². The molecule has 2 saturated heterocycles. The maximum Gasteiger partial charge on any atom is 0.412 e. The highest BCUT2D eigenvalue weighted by Gasteiger charge is 2.64. The van der Waals surface area contributed by atoms with E-state index in [1.807, 2.05) is 13.0 Å². The van der Waals surface area contributed by atoms with Crippen molar-refractivity contribution in [3.63, 3.8) is 0 Å². The van der Waals surface area contributed by atoms with Gasteiger partial charge in [0, 0.05) is 26.5 Å². The Labute approximate surface area is 294 Å². The predicted octanol–water partition coefficient (Wildman–Crippen LogP) is 5.09. The van der Waals surface area contributed by atoms with E-state index in [9.17, 15) is 23.9 Å². The minimum Gasteiger partial charge on any atom is -0.495 e. The largest absolute Gasteiger partial charge is 0.495 e. The van der Waals surface area contributed by atoms with E-state index >= 15 is 0 Å². The summed E-state index contributed by atoms with van der Waals surface area (Å²) in [7, 11) is 4.44. The minimum atomic E-state index is -1.84. The molecule has 3 aliphatic heterocycles. The summed E-state index contributed by atoms with van der Waals surface area (Å²) in [5, 5.41) is 16.9. The van der Waals surface area contributed by atoms with Crippen molar-refractivity contribution in [3.05, 3.63) is 70.5 Å². The lowest BCUT2D eigenvalue weighted by Gasteiger charge is -2.42. The summed E-state index contributed by atoms with van der Waals surface area (Å²) >= 11 is 6.71. The van der Waals surface area contributed by atoms with Gasteiger partial charge in [0.15, 0.2) is 5.72 Å². The fourth-order valence-electron chi connectivity index (χ4n) is 6.52. The first-order valence-corrected chi connectivity index (χ1v) is 16.4. The molecule has 7 atom stereocenters. The highest BCUT2D eigenvalue weighted by atomic mass is 35.5. The molecule has 0 unspecified atom stereocenters. The zero-order valence-electron chi connectivity index (χ0n) is 28.6. The smallest absolute Gasteiger partial charge is 0.412 e. The van der Waals surface area contributed by atoms with Crippen molar-refractivity contribution in [2.75, 3.05) is 37.2 Å². The van der Waals surface area contributed by atoms with Gasteiger partial charge in [-0.05, 0) is 56.2 Å². The van der Waals surface area contributed by atoms with Crippen LogP contribution in [0.3, 0.4) is 0 Å². The molecule has 0 aromatic heterocycles. The Morgan fingerprint density at radius 1 is 1.24 bits per heavy atom. The Hall–Kier alpha value is -4.37. The average molecular weight is 717 g/mol. The molecular weight excluding hydrogens is 675 g/mol. The average Bonchev–Trinajstić information content (AvgIpc) is 3.75. The second kappa shape index (κ2) is 14.5. The third kappa shape index (κ3) is 7.68. The Bertz CT molecular complexity index is 1720. The van der Waals surface area contributed by atoms with Crippen LogP contribution in [-0.4, -0.2) is 80.2 Å². The molecule has 15 heteroatoms. The van der Waals surface area contributed by atoms with Crippen LogP contribution in [0.25, 0.3) is 0 Å². The van der Waals surface area contributed by atoms with Gasteiger partial charge in [0.05, 0.1) is 36.7 Å². The number of allylic oxidation sites excluding steroid dienone is 3. The van der Waals surface area contributed by atoms with Crippen LogP contribution < -0.4 is 26.0 Å². The quantitative estimate of drug-likeness (QED) is 0.246. The van der Waals surface area contributed by atoms with Crippen molar-refractivity contribution in [1.82, 2.24) is 5.32 Å². The lowest BCUT2D eigenvalue weighted by Crippen LogP contribution is -2.63. The molecule has 5 rings (SSSR count). The molecule has 5 N–H and O–H groups in total. The van der Waals surface area contributed by atoms with Gasteiger partial charge in [0.25, 0.3) is 0 Å². The van der Waals surface area contributed by atoms with E-state index in [2.05, 4.69) is 10.6 Å². The van der Waals surface area contributed by atoms with E-state index in [4.69, 9.17) is 41.0 Å². The van der Waals surface area contributed by atoms with Crippen LogP contribution in [-0.2, 0) is 30.2 Å². The zero-order chi connectivity index (χ0) is 36.5. The van der Waals surface area contributed by atoms with Gasteiger partial charge < -0.3 is 39.4 Å². The topological polar surface area (TPSA) is 174 Å². The third-order valence-corrected chi connectivity index (χ3v) is 9.83. The van der Waals surface area contributed by atoms with Crippen molar-refractivity contribution in [2.24, 2.45) is 5.92 Å². The summed E-state index contributed by atoms with van der Waals surface area (Å²) in [6.45, 7) is 5.36. The first kappa shape index (κ1) is 36.9. The van der Waals surface area contributed by atoms with E-state index in [0.717, 1.165) is 23.3 Å². The number of hydrogen-bond acceptors (Lipinski definition) is 10. The van der Waals surface area contributed by atoms with Crippen LogP contribution in [0.2, 0.25) is 5.02 Å². The number of nitrogens with one attached hydrogen (secondary N) is 2. The number of nitrogens with zero attached hydrogens (tertiary/aromatic N) is 1. The van der Waals surface area contributed by atoms with Crippen LogP contribution >= 0.6 is 11.6 Å². The number of fused-ring (bicyclic) bond motifs is 5. The van der Waals surface area contributed by atoms with Crippen LogP contribution in [0.1, 0.15) is 39.2 Å². The molecule has 3 aliphatic rings. The maximum absolute atomic E-state index is 14.0. The van der Waals surface area contributed by atoms with E-state index in [-0.39, 0.29) is 29.2 Å². The SMILES string of the molecule is COc1cc2cc(c1Cl)N(C)C(=O)C[C@H](OC(=O)Nc1ccc(F)cc1N)[C@]1(C)O[C@H]1[C@H](C)[C@@H]1C[C@@](O)(NC(=O)O1)[C@H](OC)/C=C/C=C(\C)C2. The van der Waals surface area contributed by atoms with Crippen LogP contribution in [0.4, 0.5) is 31.0 Å². The highest BCUT2D eigenvalue weighted by Crippen LogP contribution is 2.49. The minimum absolute atomic E-state index is 0.0309. The van der Waals surface area contributed by atoms with Crippen molar-refractivity contribution in [3.8, 4) is 5.75 Å². The van der Waals surface area contributed by atoms with Gasteiger partial charge in [-0.15, -0.1) is 0 Å². The number of hydrogen-bond donors (Lipinski definition) is 4. The number of carbonyl (C=O) groups is 3. The number of anilines is 3. The monoisotopic (exact) mass is 716 g/mol. The fourth-order valence-corrected chi connectivity index (χ4v) is 6.83. The number of methoxy groups -OCH3 is 2. The van der Waals surface area contributed by atoms with Gasteiger partial charge in [-0.3, -0.25) is 15.4 Å². The normalized spacial score (nSPS) is 31.7. The highest BCUT2D eigenvalue weighted by molar-refractivity contribution is 6.35. The molecule has 3 heterocycles. The van der Waals surface area contributed by atoms with E-state index in [0.29, 0.717) is 17.9 Å². The molecule has 0 saturated carbocycles. The van der Waals surface area contributed by atoms with Crippen LogP contribution in [0.5, 0.6) is 5.75 Å². The van der Waals surface area contributed by atoms with Gasteiger partial charge in [-0.2, -0.15) is 0 Å². The number of rotatable bonds is 4. The molecule has 50 heavy (non-hydrogen) atoms. The Morgan fingerprint density at radius 2 is 1.98 bits per heavy atom. The molecule has 270 valence electrons. The number of alkyl carbamates (subject to hydrolysis) is 1. The van der Waals surface area contributed by atoms with Crippen molar-refractivity contribution >= 4 is 46.8 Å². The molecule has 0 radical (unpaired) electrons. The number of nitrogen functional groups attached to an aromatic ring is 1. The van der Waals surface area contributed by atoms with E-state index < -0.39 is 65.6 Å². The number of carbonyl (C=O) groups excluding carboxylic acids is 3. The van der Waals surface area contributed by atoms with Gasteiger partial charge in [-0.25, -0.2) is 14.0 Å². The van der Waals surface area contributed by atoms with E-state index in [1.54, 1.807) is 45.2 Å². The summed E-state index contributed by atoms with van der Waals surface area (Å²) in [4.78, 5) is 41.4. The molecule has 2 aromatic rings. The Morgan fingerprint density at radius 3 is 2.66 bits per heavy atom. The third-order valence-electron chi connectivity index (χ3n) is 9.45. The molecule has 0 spiro atoms. The van der Waals surface area contributed by atoms with Crippen molar-refractivity contribution in [2.45, 2.75) is 75.8 Å². The van der Waals surface area contributed by atoms with Crippen molar-refractivity contribution < 1.29 is 47.6 Å². The van der Waals surface area contributed by atoms with Gasteiger partial charge >= 0.3 is 12.2 Å². The maximum atomic E-state index is 14.0. The molecule has 3 amide bonds. The summed E-state index contributed by atoms with van der Waals surface area (Å²) in [5.74, 6) is -1.25. The number of benzene rings is 2. The summed E-state index contributed by atoms with van der Waals surface area (Å²) < 4.78 is 42.4. The van der Waals surface area contributed by atoms with Gasteiger partial charge in [0.1, 0.15) is 40.5 Å². The fraction of sp³-hybridized carbons (Fsp3) is 0.457. The summed E-state index contributed by atoms with van der Waals surface area (Å²) in [5.41, 5.74) is 4.95. The standard InChI is InChI=1S/C35H42ClFN4O9/c1-18-8-7-9-27(47-6)35(45)17-26(48-33(44)40-35)19(2)31-34(3,50-31)28(49-32(43)39-23-11-10-21(37)15-22(23)38)16-29(42)41(4)24-13-20(12-18)14-25(46-5)30(24)36/h7-11,13-15,19,26-28,31,45H,12,16-17,38H2,1-6H3,(H,39,43)(H,40,44)/b9-7+,18-8+/t19-,26+,27-,28+,31+,34+,35+/m1/s1. The number of ether oxygens (including phenoxy) is 5. The number of halogens is 2. The van der Waals surface area contributed by atoms with Crippen LogP contribution in [0, 0.1) is 11.7 Å². The van der Waals surface area contributed by atoms with Gasteiger partial charge in [-0.1, -0.05) is 42.3 Å². The van der Waals surface area contributed by atoms with E-state index in [1.165, 1.54) is 25.2 Å². The molecular formula is C35H42ClFN4O9. The van der Waals surface area contributed by atoms with Crippen LogP contribution in [0.15, 0.2) is 54.1 Å². The second-order valence-electron chi connectivity index (χ2n) is 13.0. The summed E-state index contributed by atoms with van der Waals surface area (Å²) in [6, 6.07) is 7.00. The summed E-state index contributed by atoms with van der Waals surface area (Å²) in [6.07, 6.45) is -0.254. The Balaban J connectivity index is 1.54. The second-order valence-corrected chi connectivity index (χ2v) is 13.4. The first-order valence-electron chi connectivity index (χ1n) is 16.0. The predicted molar refractivity (Wildman–Crippen MR) is 184 cm³/mol. The molecule has 0 aliphatic carbocycles. The van der Waals surface area contributed by atoms with Gasteiger partial charge in [0.2, 0.25) is 5.91 Å². The Kier molecular flexibility index (Phi) is 10.7. The zero-order valence-corrected chi connectivity index (χ0v) is 29.4. The first-order chi connectivity index (χ1) is 23.6. The lowest BCUT2D eigenvalue weighted by atomic mass is 9.83. The molecule has 2 fully saturated rings. The number of amides is 3.